The van der Waals surface area contributed by atoms with Gasteiger partial charge in [-0.15, -0.1) is 0 Å². The van der Waals surface area contributed by atoms with E-state index in [-0.39, 0.29) is 5.41 Å². The van der Waals surface area contributed by atoms with Crippen molar-refractivity contribution >= 4 is 5.57 Å². The Balaban J connectivity index is 2.19. The van der Waals surface area contributed by atoms with Crippen molar-refractivity contribution < 1.29 is 0 Å². The standard InChI is InChI=1S/C23H24/c1-6-8-19-20-14-13-18(17-11-9-16(3)10-12-17)15-22(20)23(4,5)21(19)7-2/h6-15H,1H2,2-5H3/b19-8-,21-7+. The molecule has 0 saturated heterocycles. The van der Waals surface area contributed by atoms with Gasteiger partial charge in [-0.3, -0.25) is 0 Å². The number of benzene rings is 2. The molecule has 0 unspecified atom stereocenters. The fraction of sp³-hybridized carbons (Fsp3) is 0.217. The zero-order chi connectivity index (χ0) is 16.6. The van der Waals surface area contributed by atoms with Crippen LogP contribution in [0.15, 0.2) is 72.8 Å². The van der Waals surface area contributed by atoms with Crippen molar-refractivity contribution in [1.82, 2.24) is 0 Å². The van der Waals surface area contributed by atoms with Crippen LogP contribution in [0.5, 0.6) is 0 Å². The fourth-order valence-corrected chi connectivity index (χ4v) is 3.66. The van der Waals surface area contributed by atoms with Gasteiger partial charge in [-0.1, -0.05) is 80.6 Å². The van der Waals surface area contributed by atoms with Crippen LogP contribution in [0.3, 0.4) is 0 Å². The quantitative estimate of drug-likeness (QED) is 0.596. The average Bonchev–Trinajstić information content (AvgIpc) is 2.75. The maximum Gasteiger partial charge on any atom is 0.0155 e. The minimum Gasteiger partial charge on any atom is -0.0990 e. The van der Waals surface area contributed by atoms with E-state index in [9.17, 15) is 0 Å². The van der Waals surface area contributed by atoms with Crippen molar-refractivity contribution in [2.24, 2.45) is 0 Å². The van der Waals surface area contributed by atoms with Crippen LogP contribution in [-0.4, -0.2) is 0 Å². The minimum absolute atomic E-state index is 0.0274. The van der Waals surface area contributed by atoms with Crippen molar-refractivity contribution in [2.75, 3.05) is 0 Å². The first kappa shape index (κ1) is 15.6. The monoisotopic (exact) mass is 300 g/mol. The summed E-state index contributed by atoms with van der Waals surface area (Å²) in [6.45, 7) is 12.8. The second-order valence-corrected chi connectivity index (χ2v) is 6.77. The lowest BCUT2D eigenvalue weighted by molar-refractivity contribution is 0.660. The van der Waals surface area contributed by atoms with E-state index in [1.165, 1.54) is 39.0 Å². The van der Waals surface area contributed by atoms with Crippen LogP contribution in [0, 0.1) is 6.92 Å². The van der Waals surface area contributed by atoms with Crippen LogP contribution in [0.4, 0.5) is 0 Å². The van der Waals surface area contributed by atoms with Gasteiger partial charge in [0.15, 0.2) is 0 Å². The molecule has 0 nitrogen and oxygen atoms in total. The van der Waals surface area contributed by atoms with Gasteiger partial charge >= 0.3 is 0 Å². The number of fused-ring (bicyclic) bond motifs is 1. The first-order valence-electron chi connectivity index (χ1n) is 8.21. The van der Waals surface area contributed by atoms with E-state index in [2.05, 4.69) is 88.9 Å². The molecule has 0 atom stereocenters. The SMILES string of the molecule is C=C/C=C1\C(=C/C)C(C)(C)c2cc(-c3ccc(C)cc3)ccc21. The smallest absolute Gasteiger partial charge is 0.0155 e. The molecule has 2 aromatic rings. The molecular weight excluding hydrogens is 276 g/mol. The molecule has 3 rings (SSSR count). The summed E-state index contributed by atoms with van der Waals surface area (Å²) in [5.41, 5.74) is 9.30. The Morgan fingerprint density at radius 2 is 1.61 bits per heavy atom. The zero-order valence-electron chi connectivity index (χ0n) is 14.5. The second kappa shape index (κ2) is 5.70. The third kappa shape index (κ3) is 2.49. The summed E-state index contributed by atoms with van der Waals surface area (Å²) in [6, 6.07) is 15.6. The summed E-state index contributed by atoms with van der Waals surface area (Å²) in [5.74, 6) is 0. The third-order valence-electron chi connectivity index (χ3n) is 4.90. The predicted molar refractivity (Wildman–Crippen MR) is 102 cm³/mol. The molecule has 1 aliphatic rings. The molecule has 23 heavy (non-hydrogen) atoms. The topological polar surface area (TPSA) is 0 Å². The van der Waals surface area contributed by atoms with Crippen LogP contribution in [-0.2, 0) is 5.41 Å². The molecule has 0 aliphatic heterocycles. The number of hydrogen-bond acceptors (Lipinski definition) is 0. The summed E-state index contributed by atoms with van der Waals surface area (Å²) in [7, 11) is 0. The Bertz CT molecular complexity index is 812. The number of allylic oxidation sites excluding steroid dienone is 5. The Morgan fingerprint density at radius 1 is 0.957 bits per heavy atom. The van der Waals surface area contributed by atoms with Crippen LogP contribution >= 0.6 is 0 Å². The van der Waals surface area contributed by atoms with Crippen LogP contribution in [0.2, 0.25) is 0 Å². The van der Waals surface area contributed by atoms with Gasteiger partial charge < -0.3 is 0 Å². The Hall–Kier alpha value is -2.34. The Kier molecular flexibility index (Phi) is 3.85. The molecular formula is C23H24. The molecule has 116 valence electrons. The zero-order valence-corrected chi connectivity index (χ0v) is 14.5. The summed E-state index contributed by atoms with van der Waals surface area (Å²) < 4.78 is 0. The highest BCUT2D eigenvalue weighted by Crippen LogP contribution is 2.50. The molecule has 0 fully saturated rings. The molecule has 0 amide bonds. The Morgan fingerprint density at radius 3 is 2.22 bits per heavy atom. The van der Waals surface area contributed by atoms with Gasteiger partial charge in [0.2, 0.25) is 0 Å². The lowest BCUT2D eigenvalue weighted by Crippen LogP contribution is -2.15. The predicted octanol–water partition coefficient (Wildman–Crippen LogP) is 6.47. The third-order valence-corrected chi connectivity index (χ3v) is 4.90. The van der Waals surface area contributed by atoms with Gasteiger partial charge in [-0.05, 0) is 53.3 Å². The maximum atomic E-state index is 3.88. The average molecular weight is 300 g/mol. The highest BCUT2D eigenvalue weighted by Gasteiger charge is 2.37. The van der Waals surface area contributed by atoms with E-state index in [0.717, 1.165) is 0 Å². The molecule has 0 radical (unpaired) electrons. The molecule has 1 aliphatic carbocycles. The number of hydrogen-bond donors (Lipinski definition) is 0. The molecule has 0 spiro atoms. The van der Waals surface area contributed by atoms with E-state index in [1.807, 2.05) is 6.08 Å². The highest BCUT2D eigenvalue weighted by atomic mass is 14.4. The molecule has 0 bridgehead atoms. The molecule has 2 aromatic carbocycles. The Labute approximate surface area is 139 Å². The van der Waals surface area contributed by atoms with Gasteiger partial charge in [-0.2, -0.15) is 0 Å². The van der Waals surface area contributed by atoms with E-state index < -0.39 is 0 Å². The summed E-state index contributed by atoms with van der Waals surface area (Å²) >= 11 is 0. The van der Waals surface area contributed by atoms with Gasteiger partial charge in [0.1, 0.15) is 0 Å². The van der Waals surface area contributed by atoms with Crippen molar-refractivity contribution in [3.63, 3.8) is 0 Å². The van der Waals surface area contributed by atoms with Gasteiger partial charge in [0.25, 0.3) is 0 Å². The van der Waals surface area contributed by atoms with Gasteiger partial charge in [-0.25, -0.2) is 0 Å². The van der Waals surface area contributed by atoms with Crippen molar-refractivity contribution in [3.05, 3.63) is 89.5 Å². The van der Waals surface area contributed by atoms with Gasteiger partial charge in [0.05, 0.1) is 0 Å². The lowest BCUT2D eigenvalue weighted by atomic mass is 9.81. The normalized spacial score (nSPS) is 19.1. The van der Waals surface area contributed by atoms with E-state index in [1.54, 1.807) is 0 Å². The molecule has 0 heteroatoms. The number of rotatable bonds is 2. The molecule has 0 saturated carbocycles. The van der Waals surface area contributed by atoms with E-state index in [0.29, 0.717) is 0 Å². The first-order valence-corrected chi connectivity index (χ1v) is 8.21. The van der Waals surface area contributed by atoms with Crippen LogP contribution in [0.25, 0.3) is 16.7 Å². The molecule has 0 aromatic heterocycles. The van der Waals surface area contributed by atoms with Crippen LogP contribution < -0.4 is 0 Å². The van der Waals surface area contributed by atoms with Crippen LogP contribution in [0.1, 0.15) is 37.5 Å². The maximum absolute atomic E-state index is 3.88. The van der Waals surface area contributed by atoms with Crippen molar-refractivity contribution in [3.8, 4) is 11.1 Å². The lowest BCUT2D eigenvalue weighted by Gasteiger charge is -2.22. The highest BCUT2D eigenvalue weighted by molar-refractivity contribution is 5.91. The molecule has 0 heterocycles. The van der Waals surface area contributed by atoms with Crippen molar-refractivity contribution in [1.29, 1.82) is 0 Å². The minimum atomic E-state index is 0.0274. The largest absolute Gasteiger partial charge is 0.0990 e. The van der Waals surface area contributed by atoms with E-state index >= 15 is 0 Å². The fourth-order valence-electron chi connectivity index (χ4n) is 3.66. The van der Waals surface area contributed by atoms with Gasteiger partial charge in [0, 0.05) is 5.41 Å². The summed E-state index contributed by atoms with van der Waals surface area (Å²) in [5, 5.41) is 0. The summed E-state index contributed by atoms with van der Waals surface area (Å²) in [6.07, 6.45) is 6.26. The summed E-state index contributed by atoms with van der Waals surface area (Å²) in [4.78, 5) is 0. The van der Waals surface area contributed by atoms with Crippen molar-refractivity contribution in [2.45, 2.75) is 33.1 Å². The first-order chi connectivity index (χ1) is 11.0. The number of aryl methyl sites for hydroxylation is 1. The van der Waals surface area contributed by atoms with E-state index in [4.69, 9.17) is 0 Å². The second-order valence-electron chi connectivity index (χ2n) is 6.77. The molecule has 0 N–H and O–H groups in total.